The number of hydrogen-bond acceptors (Lipinski definition) is 6. The summed E-state index contributed by atoms with van der Waals surface area (Å²) in [6, 6.07) is 58.6. The van der Waals surface area contributed by atoms with E-state index in [0.717, 1.165) is 80.8 Å². The van der Waals surface area contributed by atoms with Crippen LogP contribution in [0.4, 0.5) is 0 Å². The number of rotatable bonds is 10. The SMILES string of the molecule is CCc1nc2c(C)cc(C(O)c3ccccc3)nc2n1[C@H]1CCc2cc(-c3ccccc3-c3nnnn3C(c3ccccc3)(c3ccccc3)c3ccccc3)ccc21. The number of aromatic nitrogens is 7. The Balaban J connectivity index is 1.08. The van der Waals surface area contributed by atoms with Crippen LogP contribution in [0, 0.1) is 6.92 Å². The third kappa shape index (κ3) is 6.06. The summed E-state index contributed by atoms with van der Waals surface area (Å²) in [4.78, 5) is 10.2. The van der Waals surface area contributed by atoms with Gasteiger partial charge in [0.25, 0.3) is 0 Å². The molecule has 1 aliphatic carbocycles. The third-order valence-corrected chi connectivity index (χ3v) is 12.0. The second-order valence-corrected chi connectivity index (χ2v) is 15.3. The largest absolute Gasteiger partial charge is 0.382 e. The van der Waals surface area contributed by atoms with Crippen molar-refractivity contribution < 1.29 is 5.11 Å². The van der Waals surface area contributed by atoms with Gasteiger partial charge in [-0.1, -0.05) is 171 Å². The van der Waals surface area contributed by atoms with Gasteiger partial charge in [-0.05, 0) is 86.3 Å². The lowest BCUT2D eigenvalue weighted by Crippen LogP contribution is -2.39. The number of pyridine rings is 1. The first-order valence-electron chi connectivity index (χ1n) is 20.4. The summed E-state index contributed by atoms with van der Waals surface area (Å²) in [5, 5.41) is 25.4. The average molecular weight is 770 g/mol. The Bertz CT molecular complexity index is 2810. The van der Waals surface area contributed by atoms with Gasteiger partial charge >= 0.3 is 0 Å². The summed E-state index contributed by atoms with van der Waals surface area (Å²) in [5.74, 6) is 1.67. The van der Waals surface area contributed by atoms with Crippen LogP contribution >= 0.6 is 0 Å². The van der Waals surface area contributed by atoms with Gasteiger partial charge in [0.1, 0.15) is 23.0 Å². The van der Waals surface area contributed by atoms with Crippen LogP contribution in [0.3, 0.4) is 0 Å². The topological polar surface area (TPSA) is 94.5 Å². The lowest BCUT2D eigenvalue weighted by atomic mass is 9.77. The average Bonchev–Trinajstić information content (AvgIpc) is 4.05. The van der Waals surface area contributed by atoms with E-state index < -0.39 is 11.6 Å². The molecule has 2 atom stereocenters. The number of aliphatic hydroxyl groups is 1. The Kier molecular flexibility index (Phi) is 9.26. The number of imidazole rings is 1. The molecule has 59 heavy (non-hydrogen) atoms. The Morgan fingerprint density at radius 1 is 0.695 bits per heavy atom. The molecule has 0 aliphatic heterocycles. The Morgan fingerprint density at radius 3 is 1.92 bits per heavy atom. The molecule has 1 unspecified atom stereocenters. The summed E-state index contributed by atoms with van der Waals surface area (Å²) in [6.07, 6.45) is 1.79. The molecule has 0 fully saturated rings. The van der Waals surface area contributed by atoms with Gasteiger partial charge in [0.15, 0.2) is 11.5 Å². The van der Waals surface area contributed by atoms with E-state index in [9.17, 15) is 5.11 Å². The van der Waals surface area contributed by atoms with Crippen molar-refractivity contribution in [2.45, 2.75) is 50.8 Å². The van der Waals surface area contributed by atoms with Gasteiger partial charge in [-0.25, -0.2) is 14.6 Å². The van der Waals surface area contributed by atoms with Crippen molar-refractivity contribution in [2.75, 3.05) is 0 Å². The number of benzene rings is 6. The quantitative estimate of drug-likeness (QED) is 0.139. The van der Waals surface area contributed by atoms with Gasteiger partial charge in [0, 0.05) is 12.0 Å². The molecular formula is C51H43N7O. The van der Waals surface area contributed by atoms with Crippen molar-refractivity contribution in [3.63, 3.8) is 0 Å². The highest BCUT2D eigenvalue weighted by molar-refractivity contribution is 5.82. The zero-order chi connectivity index (χ0) is 39.9. The molecule has 3 heterocycles. The van der Waals surface area contributed by atoms with Crippen LogP contribution < -0.4 is 0 Å². The Hall–Kier alpha value is -7.03. The molecular weight excluding hydrogens is 727 g/mol. The molecule has 9 aromatic rings. The first kappa shape index (κ1) is 36.3. The maximum Gasteiger partial charge on any atom is 0.184 e. The summed E-state index contributed by atoms with van der Waals surface area (Å²) in [5.41, 5.74) is 12.1. The van der Waals surface area contributed by atoms with Crippen molar-refractivity contribution in [1.82, 2.24) is 34.7 Å². The van der Waals surface area contributed by atoms with E-state index in [1.54, 1.807) is 0 Å². The number of hydrogen-bond donors (Lipinski definition) is 1. The zero-order valence-corrected chi connectivity index (χ0v) is 33.0. The predicted octanol–water partition coefficient (Wildman–Crippen LogP) is 10.1. The van der Waals surface area contributed by atoms with Crippen LogP contribution in [0.25, 0.3) is 33.7 Å². The van der Waals surface area contributed by atoms with Gasteiger partial charge < -0.3 is 9.67 Å². The molecule has 0 bridgehead atoms. The fraction of sp³-hybridized carbons (Fsp3) is 0.157. The standard InChI is InChI=1S/C51H43N7O/c1-3-46-53-47-34(2)32-44(48(59)35-18-8-4-9-19-35)52-50(47)57(46)45-31-29-37-33-36(28-30-42(37)45)41-26-16-17-27-43(41)49-54-55-56-58(49)51(38-20-10-5-11-21-38,39-22-12-6-13-23-39)40-24-14-7-15-25-40/h4-28,30,32-33,45,48,59H,3,29,31H2,1-2H3/t45-,48?/m0/s1. The number of fused-ring (bicyclic) bond motifs is 2. The fourth-order valence-corrected chi connectivity index (χ4v) is 9.25. The highest BCUT2D eigenvalue weighted by Crippen LogP contribution is 2.45. The molecule has 3 aromatic heterocycles. The molecule has 0 radical (unpaired) electrons. The van der Waals surface area contributed by atoms with E-state index in [2.05, 4.69) is 139 Å². The molecule has 0 amide bonds. The zero-order valence-electron chi connectivity index (χ0n) is 33.0. The van der Waals surface area contributed by atoms with Gasteiger partial charge in [0.2, 0.25) is 0 Å². The molecule has 1 N–H and O–H groups in total. The minimum absolute atomic E-state index is 0.0702. The number of tetrazole rings is 1. The van der Waals surface area contributed by atoms with Crippen molar-refractivity contribution in [3.8, 4) is 22.5 Å². The predicted molar refractivity (Wildman–Crippen MR) is 232 cm³/mol. The van der Waals surface area contributed by atoms with Gasteiger partial charge in [-0.15, -0.1) is 5.10 Å². The monoisotopic (exact) mass is 769 g/mol. The minimum atomic E-state index is -0.866. The molecule has 8 nitrogen and oxygen atoms in total. The molecule has 6 aromatic carbocycles. The molecule has 10 rings (SSSR count). The second kappa shape index (κ2) is 15.0. The van der Waals surface area contributed by atoms with Crippen LogP contribution in [0.2, 0.25) is 0 Å². The van der Waals surface area contributed by atoms with E-state index in [-0.39, 0.29) is 6.04 Å². The van der Waals surface area contributed by atoms with Crippen molar-refractivity contribution in [2.24, 2.45) is 0 Å². The first-order chi connectivity index (χ1) is 29.1. The normalized spacial score (nSPS) is 14.4. The van der Waals surface area contributed by atoms with Gasteiger partial charge in [-0.3, -0.25) is 0 Å². The van der Waals surface area contributed by atoms with E-state index in [4.69, 9.17) is 20.3 Å². The van der Waals surface area contributed by atoms with Crippen LogP contribution in [0.5, 0.6) is 0 Å². The van der Waals surface area contributed by atoms with Crippen LogP contribution in [0.1, 0.15) is 76.0 Å². The Labute approximate surface area is 343 Å². The molecule has 288 valence electrons. The second-order valence-electron chi connectivity index (χ2n) is 15.3. The molecule has 1 aliphatic rings. The lowest BCUT2D eigenvalue weighted by molar-refractivity contribution is 0.215. The number of aliphatic hydroxyl groups excluding tert-OH is 1. The Morgan fingerprint density at radius 2 is 1.29 bits per heavy atom. The smallest absolute Gasteiger partial charge is 0.184 e. The minimum Gasteiger partial charge on any atom is -0.382 e. The molecule has 0 saturated carbocycles. The van der Waals surface area contributed by atoms with Crippen LogP contribution in [-0.4, -0.2) is 39.8 Å². The van der Waals surface area contributed by atoms with Gasteiger partial charge in [-0.2, -0.15) is 0 Å². The number of aryl methyl sites for hydroxylation is 3. The van der Waals surface area contributed by atoms with Crippen LogP contribution in [-0.2, 0) is 18.4 Å². The van der Waals surface area contributed by atoms with E-state index in [0.29, 0.717) is 11.5 Å². The summed E-state index contributed by atoms with van der Waals surface area (Å²) in [6.45, 7) is 4.21. The molecule has 0 spiro atoms. The van der Waals surface area contributed by atoms with Crippen molar-refractivity contribution in [1.29, 1.82) is 0 Å². The first-order valence-corrected chi connectivity index (χ1v) is 20.4. The third-order valence-electron chi connectivity index (χ3n) is 12.0. The van der Waals surface area contributed by atoms with E-state index >= 15 is 0 Å². The summed E-state index contributed by atoms with van der Waals surface area (Å²) < 4.78 is 4.33. The van der Waals surface area contributed by atoms with E-state index in [1.165, 1.54) is 11.1 Å². The molecule has 0 saturated heterocycles. The summed E-state index contributed by atoms with van der Waals surface area (Å²) in [7, 11) is 0. The highest BCUT2D eigenvalue weighted by Gasteiger charge is 2.42. The fourth-order valence-electron chi connectivity index (χ4n) is 9.25. The van der Waals surface area contributed by atoms with Gasteiger partial charge in [0.05, 0.1) is 11.7 Å². The molecule has 8 heteroatoms. The summed E-state index contributed by atoms with van der Waals surface area (Å²) >= 11 is 0. The number of nitrogens with zero attached hydrogens (tertiary/aromatic N) is 7. The highest BCUT2D eigenvalue weighted by atomic mass is 16.3. The van der Waals surface area contributed by atoms with E-state index in [1.807, 2.05) is 59.3 Å². The van der Waals surface area contributed by atoms with Crippen LogP contribution in [0.15, 0.2) is 170 Å². The van der Waals surface area contributed by atoms with Crippen molar-refractivity contribution in [3.05, 3.63) is 220 Å². The lowest BCUT2D eigenvalue weighted by Gasteiger charge is -2.36. The maximum absolute atomic E-state index is 11.4. The van der Waals surface area contributed by atoms with Crippen molar-refractivity contribution >= 4 is 11.2 Å². The maximum atomic E-state index is 11.4.